The number of benzene rings is 2. The van der Waals surface area contributed by atoms with Crippen molar-refractivity contribution in [1.29, 1.82) is 0 Å². The van der Waals surface area contributed by atoms with E-state index in [0.29, 0.717) is 11.5 Å². The monoisotopic (exact) mass is 534 g/mol. The first-order valence-corrected chi connectivity index (χ1v) is 24.4. The Labute approximate surface area is 189 Å². The van der Waals surface area contributed by atoms with Gasteiger partial charge in [-0.05, 0) is 0 Å². The molecule has 0 heterocycles. The molecular formula is C26H28F4SiZr. The van der Waals surface area contributed by atoms with E-state index in [1.165, 1.54) is 20.0 Å². The predicted molar refractivity (Wildman–Crippen MR) is 123 cm³/mol. The van der Waals surface area contributed by atoms with Gasteiger partial charge in [-0.15, -0.1) is 0 Å². The van der Waals surface area contributed by atoms with Gasteiger partial charge in [0.25, 0.3) is 0 Å². The minimum absolute atomic E-state index is 0.0304. The fraction of sp³-hybridized carbons (Fsp3) is 0.308. The molecule has 32 heavy (non-hydrogen) atoms. The van der Waals surface area contributed by atoms with Crippen LogP contribution in [0.15, 0.2) is 56.4 Å². The summed E-state index contributed by atoms with van der Waals surface area (Å²) in [5, 5.41) is 0. The first-order valence-electron chi connectivity index (χ1n) is 10.9. The van der Waals surface area contributed by atoms with Crippen molar-refractivity contribution in [2.75, 3.05) is 0 Å². The molecule has 0 saturated carbocycles. The maximum absolute atomic E-state index is 14.8. The molecule has 2 aromatic carbocycles. The molecule has 0 aromatic heterocycles. The number of hydrogen-bond donors (Lipinski definition) is 0. The van der Waals surface area contributed by atoms with Gasteiger partial charge < -0.3 is 0 Å². The van der Waals surface area contributed by atoms with E-state index in [2.05, 4.69) is 43.8 Å². The van der Waals surface area contributed by atoms with Gasteiger partial charge in [0.05, 0.1) is 0 Å². The molecule has 2 aliphatic rings. The van der Waals surface area contributed by atoms with Crippen molar-refractivity contribution >= 4 is 12.5 Å². The van der Waals surface area contributed by atoms with Gasteiger partial charge >= 0.3 is 190 Å². The van der Waals surface area contributed by atoms with E-state index < -0.39 is 46.2 Å². The fourth-order valence-electron chi connectivity index (χ4n) is 6.01. The summed E-state index contributed by atoms with van der Waals surface area (Å²) in [5.74, 6) is -5.13. The normalized spacial score (nSPS) is 21.4. The topological polar surface area (TPSA) is 0 Å². The Morgan fingerprint density at radius 1 is 0.875 bits per heavy atom. The van der Waals surface area contributed by atoms with Gasteiger partial charge in [-0.1, -0.05) is 0 Å². The summed E-state index contributed by atoms with van der Waals surface area (Å²) in [6.45, 7) is 10.8. The Bertz CT molecular complexity index is 1310. The van der Waals surface area contributed by atoms with Crippen molar-refractivity contribution in [3.05, 3.63) is 96.4 Å². The Kier molecular flexibility index (Phi) is 5.54. The van der Waals surface area contributed by atoms with Gasteiger partial charge in [0.15, 0.2) is 0 Å². The number of allylic oxidation sites excluding steroid dienone is 5. The standard InChI is InChI=1S/C15H7F4.C9H13.2CH3.H2Si.Zr/c16-11-7-12(17)15(19)13(14(11)18)10-6-5-8-3-1-2-4-9(8)10;1-6-5-7(2)9(4)8(6)3;;;;/h1-7H;6H,1-4H3;2*1H3;1H2;. The second-order valence-electron chi connectivity index (χ2n) is 10.4. The van der Waals surface area contributed by atoms with Crippen molar-refractivity contribution < 1.29 is 35.0 Å². The predicted octanol–water partition coefficient (Wildman–Crippen LogP) is 7.32. The second-order valence-corrected chi connectivity index (χ2v) is 39.9. The number of fused-ring (bicyclic) bond motifs is 1. The molecule has 2 aromatic rings. The third-order valence-electron chi connectivity index (χ3n) is 7.82. The van der Waals surface area contributed by atoms with E-state index in [9.17, 15) is 17.6 Å². The van der Waals surface area contributed by atoms with Crippen LogP contribution < -0.4 is 0 Å². The molecule has 0 nitrogen and oxygen atoms in total. The zero-order chi connectivity index (χ0) is 23.8. The quantitative estimate of drug-likeness (QED) is 0.219. The summed E-state index contributed by atoms with van der Waals surface area (Å²) in [5.41, 5.74) is 5.31. The van der Waals surface area contributed by atoms with Crippen LogP contribution in [0, 0.1) is 29.2 Å². The first-order chi connectivity index (χ1) is 14.8. The first kappa shape index (κ1) is 23.6. The van der Waals surface area contributed by atoms with Gasteiger partial charge in [0, 0.05) is 0 Å². The maximum atomic E-state index is 14.8. The fourth-order valence-corrected chi connectivity index (χ4v) is 24.5. The Morgan fingerprint density at radius 3 is 1.97 bits per heavy atom. The van der Waals surface area contributed by atoms with Crippen LogP contribution in [0.25, 0.3) is 5.57 Å². The molecule has 0 bridgehead atoms. The molecule has 0 fully saturated rings. The molecule has 0 N–H and O–H groups in total. The summed E-state index contributed by atoms with van der Waals surface area (Å²) in [4.78, 5) is 0. The second kappa shape index (κ2) is 7.50. The van der Waals surface area contributed by atoms with Crippen molar-refractivity contribution in [2.45, 2.75) is 40.6 Å². The Balaban J connectivity index is 2.01. The van der Waals surface area contributed by atoms with Gasteiger partial charge in [0.1, 0.15) is 0 Å². The molecule has 2 atom stereocenters. The molecule has 168 valence electrons. The van der Waals surface area contributed by atoms with Crippen LogP contribution >= 0.6 is 0 Å². The summed E-state index contributed by atoms with van der Waals surface area (Å²) < 4.78 is 64.0. The minimum atomic E-state index is -3.80. The van der Waals surface area contributed by atoms with E-state index in [1.54, 1.807) is 12.1 Å². The van der Waals surface area contributed by atoms with Crippen LogP contribution in [0.2, 0.25) is 9.26 Å². The molecule has 2 unspecified atom stereocenters. The van der Waals surface area contributed by atoms with E-state index >= 15 is 0 Å². The van der Waals surface area contributed by atoms with E-state index in [-0.39, 0.29) is 15.3 Å². The molecule has 2 aliphatic carbocycles. The van der Waals surface area contributed by atoms with Crippen LogP contribution in [0.5, 0.6) is 0 Å². The molecule has 6 heteroatoms. The number of hydrogen-bond acceptors (Lipinski definition) is 0. The average molecular weight is 536 g/mol. The molecule has 0 aliphatic heterocycles. The third-order valence-corrected chi connectivity index (χ3v) is 25.1. The van der Waals surface area contributed by atoms with Crippen LogP contribution in [-0.2, 0) is 17.4 Å². The van der Waals surface area contributed by atoms with Crippen molar-refractivity contribution in [3.8, 4) is 0 Å². The van der Waals surface area contributed by atoms with Crippen LogP contribution in [0.3, 0.4) is 0 Å². The van der Waals surface area contributed by atoms with Gasteiger partial charge in [-0.3, -0.25) is 0 Å². The molecule has 0 amide bonds. The molecule has 0 saturated heterocycles. The van der Waals surface area contributed by atoms with Crippen molar-refractivity contribution in [2.24, 2.45) is 5.92 Å². The van der Waals surface area contributed by atoms with Gasteiger partial charge in [-0.2, -0.15) is 0 Å². The molecule has 0 radical (unpaired) electrons. The van der Waals surface area contributed by atoms with Crippen LogP contribution in [-0.4, -0.2) is 6.88 Å². The number of halogens is 4. The summed E-state index contributed by atoms with van der Waals surface area (Å²) >= 11 is -3.80. The van der Waals surface area contributed by atoms with Crippen molar-refractivity contribution in [1.82, 2.24) is 0 Å². The molecule has 0 spiro atoms. The van der Waals surface area contributed by atoms with Gasteiger partial charge in [0.2, 0.25) is 0 Å². The third kappa shape index (κ3) is 3.24. The zero-order valence-electron chi connectivity index (χ0n) is 19.3. The Morgan fingerprint density at radius 2 is 1.44 bits per heavy atom. The summed E-state index contributed by atoms with van der Waals surface area (Å²) in [7, 11) is 0. The van der Waals surface area contributed by atoms with E-state index in [4.69, 9.17) is 0 Å². The molecule has 4 rings (SSSR count). The van der Waals surface area contributed by atoms with Crippen LogP contribution in [0.1, 0.15) is 48.0 Å². The zero-order valence-corrected chi connectivity index (χ0v) is 23.2. The van der Waals surface area contributed by atoms with Crippen molar-refractivity contribution in [3.63, 3.8) is 0 Å². The van der Waals surface area contributed by atoms with Gasteiger partial charge in [-0.25, -0.2) is 0 Å². The van der Waals surface area contributed by atoms with E-state index in [0.717, 1.165) is 5.56 Å². The molecular weight excluding hydrogens is 508 g/mol. The van der Waals surface area contributed by atoms with E-state index in [1.807, 2.05) is 18.2 Å². The SMILES string of the molecule is CC1=C(C)C(C)[C]([Zr]([CH3])([CH3])(=[SiH2])[CH]2C=C(c3c(F)c(F)cc(F)c3F)c3ccccc32)=C1C. The summed E-state index contributed by atoms with van der Waals surface area (Å²) in [6, 6.07) is 7.78. The Hall–Kier alpha value is -1.52. The average Bonchev–Trinajstić information content (AvgIpc) is 3.20. The summed E-state index contributed by atoms with van der Waals surface area (Å²) in [6.07, 6.45) is 1.89. The number of rotatable bonds is 3. The van der Waals surface area contributed by atoms with Crippen LogP contribution in [0.4, 0.5) is 17.6 Å².